The van der Waals surface area contributed by atoms with Gasteiger partial charge in [0.1, 0.15) is 0 Å². The van der Waals surface area contributed by atoms with Crippen LogP contribution in [-0.4, -0.2) is 28.0 Å². The molecule has 1 aromatic rings. The van der Waals surface area contributed by atoms with Crippen molar-refractivity contribution in [2.75, 3.05) is 11.9 Å². The van der Waals surface area contributed by atoms with Crippen molar-refractivity contribution in [1.29, 1.82) is 0 Å². The second-order valence-electron chi connectivity index (χ2n) is 3.54. The van der Waals surface area contributed by atoms with Gasteiger partial charge in [0.15, 0.2) is 5.82 Å². The molecule has 15 heavy (non-hydrogen) atoms. The van der Waals surface area contributed by atoms with Gasteiger partial charge in [-0.1, -0.05) is 0 Å². The number of aryl methyl sites for hydroxylation is 1. The first-order valence-corrected chi connectivity index (χ1v) is 4.71. The van der Waals surface area contributed by atoms with Gasteiger partial charge in [-0.2, -0.15) is 0 Å². The van der Waals surface area contributed by atoms with Crippen molar-refractivity contribution in [2.45, 2.75) is 12.5 Å². The molecule has 0 aliphatic carbocycles. The van der Waals surface area contributed by atoms with E-state index in [1.807, 2.05) is 0 Å². The number of nitrogens with zero attached hydrogens (tertiary/aromatic N) is 2. The molecule has 0 radical (unpaired) electrons. The van der Waals surface area contributed by atoms with Crippen LogP contribution in [0.4, 0.5) is 5.82 Å². The minimum absolute atomic E-state index is 0.000236. The molecule has 2 N–H and O–H groups in total. The summed E-state index contributed by atoms with van der Waals surface area (Å²) in [5.41, 5.74) is -0.183. The number of aromatic nitrogens is 2. The average molecular weight is 208 g/mol. The number of amides is 1. The maximum Gasteiger partial charge on any atom is 0.293 e. The molecule has 1 atom stereocenters. The normalized spacial score (nSPS) is 20.1. The highest BCUT2D eigenvalue weighted by Crippen LogP contribution is 2.04. The third-order valence-corrected chi connectivity index (χ3v) is 2.34. The van der Waals surface area contributed by atoms with Crippen LogP contribution in [0, 0.1) is 0 Å². The number of carbonyl (C=O) groups is 1. The zero-order valence-corrected chi connectivity index (χ0v) is 8.36. The molecule has 1 amide bonds. The Balaban J connectivity index is 2.14. The molecule has 1 aliphatic rings. The van der Waals surface area contributed by atoms with Gasteiger partial charge in [-0.3, -0.25) is 9.59 Å². The molecule has 2 heterocycles. The van der Waals surface area contributed by atoms with Crippen LogP contribution < -0.4 is 16.2 Å². The van der Waals surface area contributed by atoms with Gasteiger partial charge >= 0.3 is 0 Å². The zero-order valence-electron chi connectivity index (χ0n) is 8.36. The third-order valence-electron chi connectivity index (χ3n) is 2.34. The summed E-state index contributed by atoms with van der Waals surface area (Å²) in [4.78, 5) is 26.5. The summed E-state index contributed by atoms with van der Waals surface area (Å²) < 4.78 is 1.44. The molecule has 1 aromatic heterocycles. The van der Waals surface area contributed by atoms with E-state index in [1.54, 1.807) is 19.4 Å². The summed E-state index contributed by atoms with van der Waals surface area (Å²) in [6.45, 7) is 0.540. The van der Waals surface area contributed by atoms with Crippen LogP contribution in [0.1, 0.15) is 6.42 Å². The minimum Gasteiger partial charge on any atom is -0.360 e. The number of carbonyl (C=O) groups excluding carboxylic acids is 1. The first-order chi connectivity index (χ1) is 7.16. The Morgan fingerprint density at radius 1 is 1.60 bits per heavy atom. The van der Waals surface area contributed by atoms with E-state index in [9.17, 15) is 9.59 Å². The molecule has 1 aliphatic heterocycles. The molecule has 1 unspecified atom stereocenters. The quantitative estimate of drug-likeness (QED) is 0.659. The van der Waals surface area contributed by atoms with E-state index in [0.717, 1.165) is 0 Å². The molecule has 80 valence electrons. The Bertz CT molecular complexity index is 440. The molecule has 1 saturated heterocycles. The highest BCUT2D eigenvalue weighted by Gasteiger charge is 2.22. The van der Waals surface area contributed by atoms with Gasteiger partial charge in [-0.15, -0.1) is 0 Å². The summed E-state index contributed by atoms with van der Waals surface area (Å²) in [5, 5.41) is 5.64. The van der Waals surface area contributed by atoms with Crippen molar-refractivity contribution in [3.05, 3.63) is 22.7 Å². The molecular weight excluding hydrogens is 196 g/mol. The smallest absolute Gasteiger partial charge is 0.293 e. The van der Waals surface area contributed by atoms with Crippen LogP contribution in [-0.2, 0) is 11.8 Å². The predicted molar refractivity (Wildman–Crippen MR) is 54.5 cm³/mol. The number of nitrogens with one attached hydrogen (secondary N) is 2. The highest BCUT2D eigenvalue weighted by molar-refractivity contribution is 5.79. The molecule has 6 heteroatoms. The largest absolute Gasteiger partial charge is 0.360 e. The van der Waals surface area contributed by atoms with Crippen molar-refractivity contribution in [2.24, 2.45) is 7.05 Å². The van der Waals surface area contributed by atoms with Crippen molar-refractivity contribution in [3.63, 3.8) is 0 Å². The molecule has 0 bridgehead atoms. The van der Waals surface area contributed by atoms with Crippen molar-refractivity contribution < 1.29 is 4.79 Å². The fourth-order valence-electron chi connectivity index (χ4n) is 1.50. The van der Waals surface area contributed by atoms with Gasteiger partial charge < -0.3 is 15.2 Å². The average Bonchev–Trinajstić information content (AvgIpc) is 2.59. The van der Waals surface area contributed by atoms with E-state index in [1.165, 1.54) is 4.57 Å². The lowest BCUT2D eigenvalue weighted by atomic mass is 10.2. The van der Waals surface area contributed by atoms with Gasteiger partial charge in [0, 0.05) is 32.4 Å². The van der Waals surface area contributed by atoms with Crippen molar-refractivity contribution in [1.82, 2.24) is 14.9 Å². The van der Waals surface area contributed by atoms with Crippen LogP contribution in [0.15, 0.2) is 17.2 Å². The minimum atomic E-state index is -0.183. The molecule has 0 spiro atoms. The Morgan fingerprint density at radius 2 is 2.40 bits per heavy atom. The number of hydrogen-bond donors (Lipinski definition) is 2. The van der Waals surface area contributed by atoms with Gasteiger partial charge in [0.05, 0.1) is 6.04 Å². The lowest BCUT2D eigenvalue weighted by molar-refractivity contribution is -0.119. The monoisotopic (exact) mass is 208 g/mol. The molecule has 2 rings (SSSR count). The Kier molecular flexibility index (Phi) is 2.40. The van der Waals surface area contributed by atoms with Crippen LogP contribution in [0.5, 0.6) is 0 Å². The lowest BCUT2D eigenvalue weighted by Gasteiger charge is -2.10. The van der Waals surface area contributed by atoms with Crippen LogP contribution in [0.3, 0.4) is 0 Å². The van der Waals surface area contributed by atoms with E-state index in [-0.39, 0.29) is 17.5 Å². The van der Waals surface area contributed by atoms with E-state index >= 15 is 0 Å². The Hall–Kier alpha value is -1.85. The molecule has 0 saturated carbocycles. The maximum atomic E-state index is 11.6. The number of anilines is 1. The summed E-state index contributed by atoms with van der Waals surface area (Å²) >= 11 is 0. The van der Waals surface area contributed by atoms with Gasteiger partial charge in [-0.05, 0) is 0 Å². The number of hydrogen-bond acceptors (Lipinski definition) is 4. The topological polar surface area (TPSA) is 76.0 Å². The molecule has 6 nitrogen and oxygen atoms in total. The van der Waals surface area contributed by atoms with E-state index in [4.69, 9.17) is 0 Å². The van der Waals surface area contributed by atoms with Crippen LogP contribution in [0.25, 0.3) is 0 Å². The summed E-state index contributed by atoms with van der Waals surface area (Å²) in [7, 11) is 1.66. The SMILES string of the molecule is Cn1ccnc(NC2CNC(=O)C2)c1=O. The van der Waals surface area contributed by atoms with Crippen molar-refractivity contribution in [3.8, 4) is 0 Å². The Labute approximate surface area is 86.3 Å². The summed E-state index contributed by atoms with van der Waals surface area (Å²) in [6.07, 6.45) is 3.53. The number of rotatable bonds is 2. The second kappa shape index (κ2) is 3.72. The molecular formula is C9H12N4O2. The molecule has 0 aromatic carbocycles. The lowest BCUT2D eigenvalue weighted by Crippen LogP contribution is -2.29. The second-order valence-corrected chi connectivity index (χ2v) is 3.54. The summed E-state index contributed by atoms with van der Waals surface area (Å²) in [6, 6.07) is -0.0416. The first kappa shape index (κ1) is 9.70. The standard InChI is InChI=1S/C9H12N4O2/c1-13-3-2-10-8(9(13)15)12-6-4-7(14)11-5-6/h2-3,6H,4-5H2,1H3,(H,10,12)(H,11,14). The van der Waals surface area contributed by atoms with Gasteiger partial charge in [0.2, 0.25) is 5.91 Å². The van der Waals surface area contributed by atoms with E-state index in [0.29, 0.717) is 18.8 Å². The van der Waals surface area contributed by atoms with E-state index < -0.39 is 0 Å². The van der Waals surface area contributed by atoms with Gasteiger partial charge in [-0.25, -0.2) is 4.98 Å². The highest BCUT2D eigenvalue weighted by atomic mass is 16.2. The predicted octanol–water partition coefficient (Wildman–Crippen LogP) is -0.919. The van der Waals surface area contributed by atoms with Gasteiger partial charge in [0.25, 0.3) is 5.56 Å². The maximum absolute atomic E-state index is 11.6. The summed E-state index contributed by atoms with van der Waals surface area (Å²) in [5.74, 6) is 0.293. The fraction of sp³-hybridized carbons (Fsp3) is 0.444. The first-order valence-electron chi connectivity index (χ1n) is 4.71. The van der Waals surface area contributed by atoms with Crippen LogP contribution in [0.2, 0.25) is 0 Å². The third kappa shape index (κ3) is 1.98. The zero-order chi connectivity index (χ0) is 10.8. The van der Waals surface area contributed by atoms with E-state index in [2.05, 4.69) is 15.6 Å². The Morgan fingerprint density at radius 3 is 3.07 bits per heavy atom. The van der Waals surface area contributed by atoms with Crippen molar-refractivity contribution >= 4 is 11.7 Å². The van der Waals surface area contributed by atoms with Crippen LogP contribution >= 0.6 is 0 Å². The fourth-order valence-corrected chi connectivity index (χ4v) is 1.50. The molecule has 1 fully saturated rings.